The van der Waals surface area contributed by atoms with Crippen LogP contribution in [0.25, 0.3) is 11.1 Å². The highest BCUT2D eigenvalue weighted by Crippen LogP contribution is 2.34. The van der Waals surface area contributed by atoms with Crippen molar-refractivity contribution in [3.8, 4) is 22.6 Å². The Balaban J connectivity index is 2.43. The number of nitrogens with one attached hydrogen (secondary N) is 1. The van der Waals surface area contributed by atoms with Crippen LogP contribution in [-0.4, -0.2) is 29.3 Å². The number of hydrogen-bond donors (Lipinski definition) is 2. The molecule has 2 aromatic rings. The normalized spacial score (nSPS) is 10.7. The number of hydrogen-bond acceptors (Lipinski definition) is 3. The minimum absolute atomic E-state index is 0.0833. The molecule has 7 heteroatoms. The molecule has 0 saturated carbocycles. The third-order valence-corrected chi connectivity index (χ3v) is 2.75. The van der Waals surface area contributed by atoms with Gasteiger partial charge in [-0.3, -0.25) is 0 Å². The summed E-state index contributed by atoms with van der Waals surface area (Å²) in [6.45, 7) is -0.989. The number of carboxylic acid groups (broad SMARTS) is 1. The van der Waals surface area contributed by atoms with Gasteiger partial charge in [0.2, 0.25) is 0 Å². The maximum Gasteiger partial charge on any atom is 0.387 e. The fourth-order valence-electron chi connectivity index (χ4n) is 1.92. The van der Waals surface area contributed by atoms with E-state index in [-0.39, 0.29) is 23.7 Å². The van der Waals surface area contributed by atoms with E-state index < -0.39 is 12.6 Å². The van der Waals surface area contributed by atoms with Gasteiger partial charge in [-0.25, -0.2) is 4.79 Å². The van der Waals surface area contributed by atoms with E-state index in [1.54, 1.807) is 6.92 Å². The summed E-state index contributed by atoms with van der Waals surface area (Å²) in [6.07, 6.45) is 2.86. The van der Waals surface area contributed by atoms with Gasteiger partial charge in [0.15, 0.2) is 11.5 Å². The van der Waals surface area contributed by atoms with Crippen molar-refractivity contribution in [1.29, 1.82) is 0 Å². The van der Waals surface area contributed by atoms with Gasteiger partial charge < -0.3 is 19.6 Å². The zero-order valence-electron chi connectivity index (χ0n) is 11.1. The number of aromatic carboxylic acids is 1. The number of carbonyl (C=O) groups is 1. The Morgan fingerprint density at radius 2 is 2.10 bits per heavy atom. The fraction of sp³-hybridized carbons (Fsp3) is 0.214. The van der Waals surface area contributed by atoms with Crippen molar-refractivity contribution >= 4 is 5.97 Å². The second-order valence-electron chi connectivity index (χ2n) is 4.06. The smallest absolute Gasteiger partial charge is 0.387 e. The van der Waals surface area contributed by atoms with E-state index in [0.29, 0.717) is 11.1 Å². The van der Waals surface area contributed by atoms with Gasteiger partial charge in [-0.15, -0.1) is 0 Å². The molecule has 0 aliphatic heterocycles. The van der Waals surface area contributed by atoms with Gasteiger partial charge >= 0.3 is 12.6 Å². The minimum Gasteiger partial charge on any atom is -0.490 e. The molecule has 21 heavy (non-hydrogen) atoms. The Bertz CT molecular complexity index is 640. The molecule has 0 bridgehead atoms. The maximum atomic E-state index is 12.3. The summed E-state index contributed by atoms with van der Waals surface area (Å²) in [5.41, 5.74) is 1.05. The minimum atomic E-state index is -2.96. The summed E-state index contributed by atoms with van der Waals surface area (Å²) in [6, 6.07) is 4.29. The van der Waals surface area contributed by atoms with E-state index in [9.17, 15) is 13.6 Å². The van der Waals surface area contributed by atoms with Crippen molar-refractivity contribution in [1.82, 2.24) is 4.98 Å². The molecule has 1 aromatic carbocycles. The number of ether oxygens (including phenoxy) is 2. The van der Waals surface area contributed by atoms with Crippen molar-refractivity contribution in [2.24, 2.45) is 0 Å². The van der Waals surface area contributed by atoms with Crippen LogP contribution >= 0.6 is 0 Å². The topological polar surface area (TPSA) is 71.6 Å². The van der Waals surface area contributed by atoms with Gasteiger partial charge in [0, 0.05) is 18.0 Å². The second kappa shape index (κ2) is 6.25. The van der Waals surface area contributed by atoms with Crippen LogP contribution in [0.1, 0.15) is 17.3 Å². The molecule has 0 spiro atoms. The van der Waals surface area contributed by atoms with Crippen LogP contribution < -0.4 is 9.47 Å². The molecule has 0 radical (unpaired) electrons. The molecular weight excluding hydrogens is 284 g/mol. The van der Waals surface area contributed by atoms with Gasteiger partial charge in [-0.1, -0.05) is 6.07 Å². The number of aromatic nitrogens is 1. The Morgan fingerprint density at radius 3 is 2.71 bits per heavy atom. The molecule has 2 rings (SSSR count). The number of aromatic amines is 1. The van der Waals surface area contributed by atoms with Gasteiger partial charge in [0.05, 0.1) is 12.2 Å². The number of benzene rings is 1. The van der Waals surface area contributed by atoms with Gasteiger partial charge in [0.25, 0.3) is 0 Å². The molecular formula is C14H13F2NO4. The van der Waals surface area contributed by atoms with E-state index in [2.05, 4.69) is 9.72 Å². The first-order chi connectivity index (χ1) is 10.0. The lowest BCUT2D eigenvalue weighted by Crippen LogP contribution is -2.04. The summed E-state index contributed by atoms with van der Waals surface area (Å²) in [7, 11) is 0. The Labute approximate surface area is 119 Å². The van der Waals surface area contributed by atoms with Crippen LogP contribution in [0.5, 0.6) is 11.5 Å². The number of carboxylic acids is 1. The molecule has 1 aromatic heterocycles. The first kappa shape index (κ1) is 14.8. The van der Waals surface area contributed by atoms with Gasteiger partial charge in [0.1, 0.15) is 0 Å². The third kappa shape index (κ3) is 3.31. The first-order valence-corrected chi connectivity index (χ1v) is 6.15. The molecule has 112 valence electrons. The average molecular weight is 297 g/mol. The molecule has 0 atom stereocenters. The van der Waals surface area contributed by atoms with Gasteiger partial charge in [-0.2, -0.15) is 8.78 Å². The zero-order valence-corrected chi connectivity index (χ0v) is 11.1. The van der Waals surface area contributed by atoms with Crippen LogP contribution in [-0.2, 0) is 0 Å². The second-order valence-corrected chi connectivity index (χ2v) is 4.06. The fourth-order valence-corrected chi connectivity index (χ4v) is 1.92. The van der Waals surface area contributed by atoms with E-state index in [1.807, 2.05) is 0 Å². The lowest BCUT2D eigenvalue weighted by molar-refractivity contribution is -0.0514. The molecule has 0 aliphatic carbocycles. The number of H-pyrrole nitrogens is 1. The van der Waals surface area contributed by atoms with Crippen molar-refractivity contribution < 1.29 is 28.2 Å². The van der Waals surface area contributed by atoms with E-state index in [0.717, 1.165) is 0 Å². The van der Waals surface area contributed by atoms with Crippen LogP contribution in [0.3, 0.4) is 0 Å². The highest BCUT2D eigenvalue weighted by atomic mass is 19.3. The van der Waals surface area contributed by atoms with Crippen molar-refractivity contribution in [2.75, 3.05) is 6.61 Å². The highest BCUT2D eigenvalue weighted by Gasteiger charge is 2.16. The summed E-state index contributed by atoms with van der Waals surface area (Å²) < 4.78 is 34.3. The summed E-state index contributed by atoms with van der Waals surface area (Å²) in [4.78, 5) is 13.8. The van der Waals surface area contributed by atoms with Crippen molar-refractivity contribution in [2.45, 2.75) is 13.5 Å². The lowest BCUT2D eigenvalue weighted by atomic mass is 10.0. The van der Waals surface area contributed by atoms with E-state index in [4.69, 9.17) is 9.84 Å². The van der Waals surface area contributed by atoms with Crippen LogP contribution in [0.4, 0.5) is 8.78 Å². The predicted octanol–water partition coefficient (Wildman–Crippen LogP) is 3.38. The van der Waals surface area contributed by atoms with Crippen molar-refractivity contribution in [3.05, 3.63) is 36.2 Å². The summed E-state index contributed by atoms with van der Waals surface area (Å²) >= 11 is 0. The van der Waals surface area contributed by atoms with Crippen molar-refractivity contribution in [3.63, 3.8) is 0 Å². The Morgan fingerprint density at radius 1 is 1.33 bits per heavy atom. The molecule has 5 nitrogen and oxygen atoms in total. The van der Waals surface area contributed by atoms with E-state index in [1.165, 1.54) is 30.6 Å². The Kier molecular flexibility index (Phi) is 4.42. The SMILES string of the molecule is CCOc1cc(-c2c[nH]cc2C(=O)O)ccc1OC(F)F. The molecule has 0 amide bonds. The lowest BCUT2D eigenvalue weighted by Gasteiger charge is -2.12. The molecule has 2 N–H and O–H groups in total. The largest absolute Gasteiger partial charge is 0.490 e. The highest BCUT2D eigenvalue weighted by molar-refractivity contribution is 5.96. The van der Waals surface area contributed by atoms with Crippen LogP contribution in [0.2, 0.25) is 0 Å². The summed E-state index contributed by atoms with van der Waals surface area (Å²) in [5, 5.41) is 9.09. The zero-order chi connectivity index (χ0) is 15.4. The summed E-state index contributed by atoms with van der Waals surface area (Å²) in [5.74, 6) is -1.05. The average Bonchev–Trinajstić information content (AvgIpc) is 2.90. The quantitative estimate of drug-likeness (QED) is 0.857. The molecule has 1 heterocycles. The van der Waals surface area contributed by atoms with Gasteiger partial charge in [-0.05, 0) is 24.6 Å². The molecule has 0 aliphatic rings. The third-order valence-electron chi connectivity index (χ3n) is 2.75. The molecule has 0 saturated heterocycles. The number of alkyl halides is 2. The first-order valence-electron chi connectivity index (χ1n) is 6.15. The van der Waals surface area contributed by atoms with Crippen LogP contribution in [0, 0.1) is 0 Å². The maximum absolute atomic E-state index is 12.3. The standard InChI is InChI=1S/C14H13F2NO4/c1-2-20-12-5-8(3-4-11(12)21-14(15)16)9-6-17-7-10(9)13(18)19/h3-7,14,17H,2H2,1H3,(H,18,19). The van der Waals surface area contributed by atoms with Crippen LogP contribution in [0.15, 0.2) is 30.6 Å². The Hall–Kier alpha value is -2.57. The number of halogens is 2. The molecule has 0 fully saturated rings. The number of rotatable bonds is 6. The van der Waals surface area contributed by atoms with E-state index >= 15 is 0 Å². The predicted molar refractivity (Wildman–Crippen MR) is 71.0 cm³/mol. The molecule has 0 unspecified atom stereocenters. The monoisotopic (exact) mass is 297 g/mol.